The van der Waals surface area contributed by atoms with Gasteiger partial charge in [0.05, 0.1) is 16.8 Å². The highest BCUT2D eigenvalue weighted by Gasteiger charge is 2.67. The summed E-state index contributed by atoms with van der Waals surface area (Å²) in [6.07, 6.45) is 11.0. The van der Waals surface area contributed by atoms with Gasteiger partial charge in [-0.15, -0.1) is 0 Å². The smallest absolute Gasteiger partial charge is 0.146 e. The van der Waals surface area contributed by atoms with Crippen molar-refractivity contribution in [3.05, 3.63) is 95.0 Å². The molecule has 0 spiro atoms. The maximum atomic E-state index is 14.4. The van der Waals surface area contributed by atoms with Gasteiger partial charge in [-0.25, -0.2) is 0 Å². The molecule has 4 rings (SSSR count). The fourth-order valence-electron chi connectivity index (χ4n) is 5.25. The SMILES string of the molecule is CCCCCCCCCC[C@@]1(S(=O)c2ccc(C)cc2)[C@@H](c2ccccc2)N1c1ccc(Cl)cc1. The van der Waals surface area contributed by atoms with E-state index in [4.69, 9.17) is 11.6 Å². The highest BCUT2D eigenvalue weighted by Crippen LogP contribution is 2.61. The van der Waals surface area contributed by atoms with Crippen LogP contribution >= 0.6 is 11.6 Å². The molecule has 0 saturated carbocycles. The summed E-state index contributed by atoms with van der Waals surface area (Å²) in [4.78, 5) is 2.84. The molecular formula is C31H38ClNOS. The first-order valence-corrected chi connectivity index (χ1v) is 14.7. The minimum Gasteiger partial charge on any atom is -0.342 e. The zero-order valence-electron chi connectivity index (χ0n) is 21.1. The Morgan fingerprint density at radius 1 is 0.800 bits per heavy atom. The van der Waals surface area contributed by atoms with Gasteiger partial charge in [-0.3, -0.25) is 4.21 Å². The van der Waals surface area contributed by atoms with E-state index in [0.717, 1.165) is 28.4 Å². The third-order valence-corrected chi connectivity index (χ3v) is 9.41. The summed E-state index contributed by atoms with van der Waals surface area (Å²) in [5, 5.41) is 0.722. The second-order valence-electron chi connectivity index (χ2n) is 9.81. The summed E-state index contributed by atoms with van der Waals surface area (Å²) in [6, 6.07) is 26.9. The minimum atomic E-state index is -1.18. The molecule has 186 valence electrons. The van der Waals surface area contributed by atoms with E-state index in [9.17, 15) is 4.21 Å². The van der Waals surface area contributed by atoms with Gasteiger partial charge in [0, 0.05) is 15.6 Å². The van der Waals surface area contributed by atoms with Gasteiger partial charge in [0.2, 0.25) is 0 Å². The van der Waals surface area contributed by atoms with Gasteiger partial charge in [0.15, 0.2) is 0 Å². The van der Waals surface area contributed by atoms with Crippen LogP contribution in [0, 0.1) is 6.92 Å². The molecule has 0 radical (unpaired) electrons. The van der Waals surface area contributed by atoms with Crippen molar-refractivity contribution < 1.29 is 4.21 Å². The number of benzene rings is 3. The Hall–Kier alpha value is -2.10. The normalized spacial score (nSPS) is 20.1. The zero-order chi connectivity index (χ0) is 24.7. The Morgan fingerprint density at radius 2 is 1.40 bits per heavy atom. The van der Waals surface area contributed by atoms with Gasteiger partial charge in [0.1, 0.15) is 4.87 Å². The van der Waals surface area contributed by atoms with Crippen molar-refractivity contribution in [2.24, 2.45) is 0 Å². The second kappa shape index (κ2) is 12.2. The number of hydrogen-bond donors (Lipinski definition) is 0. The topological polar surface area (TPSA) is 20.1 Å². The zero-order valence-corrected chi connectivity index (χ0v) is 22.7. The Bertz CT molecular complexity index is 1080. The van der Waals surface area contributed by atoms with Gasteiger partial charge in [-0.1, -0.05) is 118 Å². The van der Waals surface area contributed by atoms with Gasteiger partial charge >= 0.3 is 0 Å². The quantitative estimate of drug-likeness (QED) is 0.170. The van der Waals surface area contributed by atoms with Crippen LogP contribution in [0.15, 0.2) is 83.8 Å². The molecule has 35 heavy (non-hydrogen) atoms. The number of anilines is 1. The van der Waals surface area contributed by atoms with Crippen LogP contribution in [-0.2, 0) is 10.8 Å². The van der Waals surface area contributed by atoms with Crippen LogP contribution in [0.2, 0.25) is 5.02 Å². The molecule has 1 fully saturated rings. The highest BCUT2D eigenvalue weighted by atomic mass is 35.5. The maximum absolute atomic E-state index is 14.4. The van der Waals surface area contributed by atoms with Crippen LogP contribution in [-0.4, -0.2) is 9.08 Å². The van der Waals surface area contributed by atoms with Gasteiger partial charge in [-0.2, -0.15) is 0 Å². The Morgan fingerprint density at radius 3 is 2.03 bits per heavy atom. The lowest BCUT2D eigenvalue weighted by atomic mass is 10.0. The van der Waals surface area contributed by atoms with E-state index < -0.39 is 15.7 Å². The van der Waals surface area contributed by atoms with Crippen LogP contribution in [0.3, 0.4) is 0 Å². The Balaban J connectivity index is 1.61. The number of aryl methyl sites for hydroxylation is 1. The molecule has 0 N–H and O–H groups in total. The number of unbranched alkanes of at least 4 members (excludes halogenated alkanes) is 7. The first-order valence-electron chi connectivity index (χ1n) is 13.2. The number of hydrogen-bond acceptors (Lipinski definition) is 2. The van der Waals surface area contributed by atoms with E-state index in [1.54, 1.807) is 0 Å². The number of nitrogens with zero attached hydrogens (tertiary/aromatic N) is 1. The highest BCUT2D eigenvalue weighted by molar-refractivity contribution is 7.87. The molecule has 1 aliphatic rings. The van der Waals surface area contributed by atoms with Gasteiger partial charge in [0.25, 0.3) is 0 Å². The van der Waals surface area contributed by atoms with Crippen molar-refractivity contribution >= 4 is 28.1 Å². The van der Waals surface area contributed by atoms with Crippen LogP contribution in [0.1, 0.15) is 81.9 Å². The maximum Gasteiger partial charge on any atom is 0.146 e. The van der Waals surface area contributed by atoms with Crippen molar-refractivity contribution in [1.29, 1.82) is 0 Å². The first kappa shape index (κ1) is 26.0. The van der Waals surface area contributed by atoms with Crippen molar-refractivity contribution in [1.82, 2.24) is 0 Å². The summed E-state index contributed by atoms with van der Waals surface area (Å²) >= 11 is 6.22. The summed E-state index contributed by atoms with van der Waals surface area (Å²) in [7, 11) is -1.18. The fraction of sp³-hybridized carbons (Fsp3) is 0.419. The molecule has 3 aromatic rings. The monoisotopic (exact) mass is 507 g/mol. The van der Waals surface area contributed by atoms with E-state index in [-0.39, 0.29) is 6.04 Å². The predicted octanol–water partition coefficient (Wildman–Crippen LogP) is 9.24. The van der Waals surface area contributed by atoms with Gasteiger partial charge in [-0.05, 0) is 55.3 Å². The predicted molar refractivity (Wildman–Crippen MR) is 151 cm³/mol. The van der Waals surface area contributed by atoms with E-state index in [1.165, 1.54) is 56.1 Å². The van der Waals surface area contributed by atoms with Crippen molar-refractivity contribution in [3.63, 3.8) is 0 Å². The van der Waals surface area contributed by atoms with Crippen molar-refractivity contribution in [2.75, 3.05) is 4.90 Å². The standard InChI is InChI=1S/C31H38ClNOS/c1-3-4-5-6-7-8-9-13-24-31(35(34)29-22-16-25(2)17-23-29)30(26-14-11-10-12-15-26)33(31)28-20-18-27(32)19-21-28/h10-12,14-23,30H,3-9,13,24H2,1-2H3/t30-,31-,33?,35?/m1/s1. The molecule has 2 nitrogen and oxygen atoms in total. The first-order chi connectivity index (χ1) is 17.1. The van der Waals surface area contributed by atoms with E-state index >= 15 is 0 Å². The summed E-state index contributed by atoms with van der Waals surface area (Å²) in [5.74, 6) is 0. The Labute approximate surface area is 219 Å². The molecule has 1 aliphatic heterocycles. The summed E-state index contributed by atoms with van der Waals surface area (Å²) in [5.41, 5.74) is 3.50. The van der Waals surface area contributed by atoms with Crippen LogP contribution in [0.4, 0.5) is 5.69 Å². The van der Waals surface area contributed by atoms with Crippen molar-refractivity contribution in [3.8, 4) is 0 Å². The van der Waals surface area contributed by atoms with E-state index in [1.807, 2.05) is 24.3 Å². The van der Waals surface area contributed by atoms with Crippen LogP contribution in [0.25, 0.3) is 0 Å². The second-order valence-corrected chi connectivity index (χ2v) is 12.0. The molecule has 1 heterocycles. The number of halogens is 1. The molecule has 0 aliphatic carbocycles. The lowest BCUT2D eigenvalue weighted by molar-refractivity contribution is 0.551. The minimum absolute atomic E-state index is 0.0802. The fourth-order valence-corrected chi connectivity index (χ4v) is 7.28. The molecule has 0 bridgehead atoms. The molecule has 3 aromatic carbocycles. The van der Waals surface area contributed by atoms with E-state index in [2.05, 4.69) is 73.3 Å². The van der Waals surface area contributed by atoms with E-state index in [0.29, 0.717) is 0 Å². The third-order valence-electron chi connectivity index (χ3n) is 7.19. The van der Waals surface area contributed by atoms with Crippen LogP contribution in [0.5, 0.6) is 0 Å². The largest absolute Gasteiger partial charge is 0.342 e. The Kier molecular flexibility index (Phi) is 9.08. The molecule has 3 atom stereocenters. The molecule has 1 unspecified atom stereocenters. The molecule has 0 amide bonds. The average molecular weight is 508 g/mol. The molecule has 1 saturated heterocycles. The molecule has 4 heteroatoms. The van der Waals surface area contributed by atoms with Gasteiger partial charge < -0.3 is 4.90 Å². The summed E-state index contributed by atoms with van der Waals surface area (Å²) < 4.78 is 14.4. The lowest BCUT2D eigenvalue weighted by Crippen LogP contribution is -2.25. The number of rotatable bonds is 13. The average Bonchev–Trinajstić information content (AvgIpc) is 3.56. The third kappa shape index (κ3) is 6.01. The molecule has 0 aromatic heterocycles. The molecular weight excluding hydrogens is 470 g/mol. The van der Waals surface area contributed by atoms with Crippen molar-refractivity contribution in [2.45, 2.75) is 87.4 Å². The van der Waals surface area contributed by atoms with Crippen LogP contribution < -0.4 is 4.90 Å². The lowest BCUT2D eigenvalue weighted by Gasteiger charge is -2.19. The summed E-state index contributed by atoms with van der Waals surface area (Å²) in [6.45, 7) is 4.34.